The minimum atomic E-state index is 0.379. The van der Waals surface area contributed by atoms with Gasteiger partial charge in [-0.2, -0.15) is 5.26 Å². The summed E-state index contributed by atoms with van der Waals surface area (Å²) in [5, 5.41) is 10.4. The summed E-state index contributed by atoms with van der Waals surface area (Å²) in [5.74, 6) is 1.32. The van der Waals surface area contributed by atoms with Crippen LogP contribution in [0.25, 0.3) is 10.9 Å². The first kappa shape index (κ1) is 19.3. The molecule has 1 aromatic heterocycles. The van der Waals surface area contributed by atoms with Crippen LogP contribution in [0.4, 0.5) is 11.4 Å². The van der Waals surface area contributed by atoms with E-state index in [9.17, 15) is 5.26 Å². The van der Waals surface area contributed by atoms with Crippen LogP contribution < -0.4 is 14.4 Å². The number of rotatable bonds is 6. The topological polar surface area (TPSA) is 58.4 Å². The van der Waals surface area contributed by atoms with Crippen molar-refractivity contribution in [2.45, 2.75) is 6.61 Å². The zero-order chi connectivity index (χ0) is 20.9. The molecule has 0 aliphatic heterocycles. The Bertz CT molecular complexity index is 1220. The molecule has 0 fully saturated rings. The van der Waals surface area contributed by atoms with Gasteiger partial charge in [0.1, 0.15) is 18.4 Å². The van der Waals surface area contributed by atoms with Crippen LogP contribution >= 0.6 is 0 Å². The first-order chi connectivity index (χ1) is 14.7. The Morgan fingerprint density at radius 2 is 1.70 bits per heavy atom. The highest BCUT2D eigenvalue weighted by Crippen LogP contribution is 2.36. The van der Waals surface area contributed by atoms with E-state index in [0.717, 1.165) is 27.8 Å². The Kier molecular flexibility index (Phi) is 5.49. The van der Waals surface area contributed by atoms with Crippen LogP contribution in [-0.4, -0.2) is 19.1 Å². The lowest BCUT2D eigenvalue weighted by Crippen LogP contribution is -2.11. The summed E-state index contributed by atoms with van der Waals surface area (Å²) in [6.07, 6.45) is 0. The molecule has 0 atom stereocenters. The van der Waals surface area contributed by atoms with E-state index in [1.54, 1.807) is 13.2 Å². The maximum atomic E-state index is 9.40. The molecule has 0 aliphatic carbocycles. The van der Waals surface area contributed by atoms with Gasteiger partial charge in [0.05, 0.1) is 18.3 Å². The number of nitrogens with zero attached hydrogens (tertiary/aromatic N) is 3. The number of anilines is 2. The van der Waals surface area contributed by atoms with Crippen LogP contribution in [-0.2, 0) is 6.61 Å². The molecule has 0 amide bonds. The second kappa shape index (κ2) is 8.54. The summed E-state index contributed by atoms with van der Waals surface area (Å²) in [6, 6.07) is 27.6. The Morgan fingerprint density at radius 3 is 2.47 bits per heavy atom. The van der Waals surface area contributed by atoms with E-state index in [1.807, 2.05) is 84.7 Å². The molecule has 148 valence electrons. The van der Waals surface area contributed by atoms with Crippen LogP contribution in [0.2, 0.25) is 0 Å². The summed E-state index contributed by atoms with van der Waals surface area (Å²) in [7, 11) is 3.59. The largest absolute Gasteiger partial charge is 0.493 e. The number of pyridine rings is 1. The highest BCUT2D eigenvalue weighted by molar-refractivity contribution is 5.94. The van der Waals surface area contributed by atoms with Gasteiger partial charge in [-0.1, -0.05) is 48.5 Å². The number of nitriles is 1. The fraction of sp³-hybridized carbons (Fsp3) is 0.120. The first-order valence-electron chi connectivity index (χ1n) is 9.58. The molecule has 0 bridgehead atoms. The third-order valence-electron chi connectivity index (χ3n) is 4.94. The Hall–Kier alpha value is -4.04. The van der Waals surface area contributed by atoms with Gasteiger partial charge in [0.2, 0.25) is 0 Å². The van der Waals surface area contributed by atoms with Crippen molar-refractivity contribution in [3.05, 3.63) is 90.1 Å². The molecule has 4 aromatic rings. The Balaban J connectivity index is 1.70. The number of hydrogen-bond acceptors (Lipinski definition) is 5. The third-order valence-corrected chi connectivity index (χ3v) is 4.94. The van der Waals surface area contributed by atoms with Crippen molar-refractivity contribution in [3.63, 3.8) is 0 Å². The van der Waals surface area contributed by atoms with Gasteiger partial charge in [-0.15, -0.1) is 0 Å². The van der Waals surface area contributed by atoms with Crippen LogP contribution in [0.15, 0.2) is 78.9 Å². The molecular formula is C25H21N3O2. The molecule has 5 nitrogen and oxygen atoms in total. The Morgan fingerprint density at radius 1 is 0.933 bits per heavy atom. The molecule has 0 N–H and O–H groups in total. The highest BCUT2D eigenvalue weighted by atomic mass is 16.5. The minimum Gasteiger partial charge on any atom is -0.493 e. The monoisotopic (exact) mass is 395 g/mol. The van der Waals surface area contributed by atoms with Crippen molar-refractivity contribution in [2.24, 2.45) is 0 Å². The van der Waals surface area contributed by atoms with Crippen LogP contribution in [0, 0.1) is 11.3 Å². The van der Waals surface area contributed by atoms with Gasteiger partial charge >= 0.3 is 0 Å². The zero-order valence-corrected chi connectivity index (χ0v) is 16.9. The second-order valence-electron chi connectivity index (χ2n) is 6.82. The molecule has 0 saturated carbocycles. The number of ether oxygens (including phenoxy) is 2. The van der Waals surface area contributed by atoms with E-state index in [1.165, 1.54) is 0 Å². The standard InChI is InChI=1S/C25H21N3O2/c1-28(23-14-19(16-26)27-22-11-7-6-10-21(22)23)20-12-13-24(29-2)25(15-20)30-17-18-8-4-3-5-9-18/h3-15H,17H2,1-2H3. The SMILES string of the molecule is COc1ccc(N(C)c2cc(C#N)nc3ccccc23)cc1OCc1ccccc1. The van der Waals surface area contributed by atoms with Gasteiger partial charge < -0.3 is 14.4 Å². The van der Waals surface area contributed by atoms with Gasteiger partial charge in [0.25, 0.3) is 0 Å². The van der Waals surface area contributed by atoms with Crippen LogP contribution in [0.3, 0.4) is 0 Å². The maximum Gasteiger partial charge on any atom is 0.163 e. The third kappa shape index (κ3) is 3.89. The summed E-state index contributed by atoms with van der Waals surface area (Å²) in [4.78, 5) is 6.43. The molecular weight excluding hydrogens is 374 g/mol. The average molecular weight is 395 g/mol. The predicted octanol–water partition coefficient (Wildman–Crippen LogP) is 5.46. The van der Waals surface area contributed by atoms with E-state index >= 15 is 0 Å². The molecule has 3 aromatic carbocycles. The first-order valence-corrected chi connectivity index (χ1v) is 9.58. The van der Waals surface area contributed by atoms with Gasteiger partial charge in [-0.25, -0.2) is 4.98 Å². The molecule has 0 radical (unpaired) electrons. The lowest BCUT2D eigenvalue weighted by atomic mass is 10.1. The summed E-state index contributed by atoms with van der Waals surface area (Å²) < 4.78 is 11.5. The van der Waals surface area contributed by atoms with E-state index in [2.05, 4.69) is 11.1 Å². The van der Waals surface area contributed by atoms with E-state index in [-0.39, 0.29) is 0 Å². The highest BCUT2D eigenvalue weighted by Gasteiger charge is 2.14. The second-order valence-corrected chi connectivity index (χ2v) is 6.82. The zero-order valence-electron chi connectivity index (χ0n) is 16.9. The summed E-state index contributed by atoms with van der Waals surface area (Å²) in [5.41, 5.74) is 4.06. The van der Waals surface area contributed by atoms with Crippen LogP contribution in [0.5, 0.6) is 11.5 Å². The number of para-hydroxylation sites is 1. The lowest BCUT2D eigenvalue weighted by Gasteiger charge is -2.23. The molecule has 30 heavy (non-hydrogen) atoms. The fourth-order valence-corrected chi connectivity index (χ4v) is 3.35. The Labute approximate surface area is 175 Å². The quantitative estimate of drug-likeness (QED) is 0.434. The van der Waals surface area contributed by atoms with E-state index in [0.29, 0.717) is 23.8 Å². The van der Waals surface area contributed by atoms with Gasteiger partial charge in [-0.3, -0.25) is 0 Å². The molecule has 0 spiro atoms. The van der Waals surface area contributed by atoms with E-state index in [4.69, 9.17) is 9.47 Å². The number of hydrogen-bond donors (Lipinski definition) is 0. The lowest BCUT2D eigenvalue weighted by molar-refractivity contribution is 0.284. The van der Waals surface area contributed by atoms with Crippen molar-refractivity contribution in [1.82, 2.24) is 4.98 Å². The minimum absolute atomic E-state index is 0.379. The van der Waals surface area contributed by atoms with Crippen molar-refractivity contribution in [3.8, 4) is 17.6 Å². The van der Waals surface area contributed by atoms with Gasteiger partial charge in [-0.05, 0) is 29.8 Å². The van der Waals surface area contributed by atoms with Gasteiger partial charge in [0.15, 0.2) is 11.5 Å². The fourth-order valence-electron chi connectivity index (χ4n) is 3.35. The number of methoxy groups -OCH3 is 1. The maximum absolute atomic E-state index is 9.40. The molecule has 5 heteroatoms. The molecule has 0 saturated heterocycles. The van der Waals surface area contributed by atoms with Crippen molar-refractivity contribution >= 4 is 22.3 Å². The van der Waals surface area contributed by atoms with Crippen molar-refractivity contribution in [2.75, 3.05) is 19.1 Å². The predicted molar refractivity (Wildman–Crippen MR) is 118 cm³/mol. The smallest absolute Gasteiger partial charge is 0.163 e. The summed E-state index contributed by atoms with van der Waals surface area (Å²) in [6.45, 7) is 0.446. The number of benzene rings is 3. The summed E-state index contributed by atoms with van der Waals surface area (Å²) >= 11 is 0. The average Bonchev–Trinajstić information content (AvgIpc) is 2.82. The van der Waals surface area contributed by atoms with Crippen molar-refractivity contribution < 1.29 is 9.47 Å². The van der Waals surface area contributed by atoms with E-state index < -0.39 is 0 Å². The number of fused-ring (bicyclic) bond motifs is 1. The molecule has 1 heterocycles. The van der Waals surface area contributed by atoms with Crippen molar-refractivity contribution in [1.29, 1.82) is 5.26 Å². The van der Waals surface area contributed by atoms with Crippen LogP contribution in [0.1, 0.15) is 11.3 Å². The normalized spacial score (nSPS) is 10.4. The molecule has 0 aliphatic rings. The molecule has 0 unspecified atom stereocenters. The molecule has 4 rings (SSSR count). The number of aromatic nitrogens is 1. The van der Waals surface area contributed by atoms with Gasteiger partial charge in [0, 0.05) is 24.2 Å².